The Kier molecular flexibility index (Phi) is 6.69. The first kappa shape index (κ1) is 21.0. The van der Waals surface area contributed by atoms with E-state index in [1.807, 2.05) is 18.4 Å². The number of fused-ring (bicyclic) bond motifs is 1. The van der Waals surface area contributed by atoms with Gasteiger partial charge in [0.2, 0.25) is 5.43 Å². The zero-order valence-electron chi connectivity index (χ0n) is 17.1. The minimum atomic E-state index is -0.753. The van der Waals surface area contributed by atoms with Gasteiger partial charge in [0.1, 0.15) is 17.6 Å². The van der Waals surface area contributed by atoms with Crippen LogP contribution in [-0.4, -0.2) is 23.7 Å². The number of benzene rings is 1. The molecule has 0 aliphatic heterocycles. The van der Waals surface area contributed by atoms with Crippen LogP contribution in [0.5, 0.6) is 5.75 Å². The molecule has 0 unspecified atom stereocenters. The van der Waals surface area contributed by atoms with Crippen molar-refractivity contribution in [1.29, 1.82) is 0 Å². The van der Waals surface area contributed by atoms with Crippen molar-refractivity contribution in [1.82, 2.24) is 4.98 Å². The third kappa shape index (κ3) is 4.67. The first-order chi connectivity index (χ1) is 13.9. The van der Waals surface area contributed by atoms with E-state index in [0.717, 1.165) is 29.8 Å². The highest BCUT2D eigenvalue weighted by Gasteiger charge is 2.20. The average molecular weight is 416 g/mol. The van der Waals surface area contributed by atoms with Crippen LogP contribution in [0.2, 0.25) is 0 Å². The van der Waals surface area contributed by atoms with Gasteiger partial charge in [0.15, 0.2) is 6.10 Å². The molecule has 0 saturated heterocycles. The second-order valence-electron chi connectivity index (χ2n) is 6.80. The molecular weight excluding hydrogens is 390 g/mol. The van der Waals surface area contributed by atoms with Crippen LogP contribution in [-0.2, 0) is 16.0 Å². The van der Waals surface area contributed by atoms with E-state index in [9.17, 15) is 9.59 Å². The Morgan fingerprint density at radius 1 is 1.31 bits per heavy atom. The molecule has 7 heteroatoms. The monoisotopic (exact) mass is 415 g/mol. The van der Waals surface area contributed by atoms with Crippen LogP contribution in [0.4, 0.5) is 0 Å². The Labute approximate surface area is 173 Å². The van der Waals surface area contributed by atoms with Gasteiger partial charge in [0.25, 0.3) is 0 Å². The van der Waals surface area contributed by atoms with Crippen molar-refractivity contribution in [3.63, 3.8) is 0 Å². The predicted molar refractivity (Wildman–Crippen MR) is 114 cm³/mol. The number of carbonyl (C=O) groups is 1. The van der Waals surface area contributed by atoms with E-state index >= 15 is 0 Å². The number of nitrogens with zero attached hydrogens (tertiary/aromatic N) is 1. The molecule has 0 amide bonds. The second-order valence-corrected chi connectivity index (χ2v) is 7.86. The van der Waals surface area contributed by atoms with Gasteiger partial charge in [0.05, 0.1) is 28.3 Å². The first-order valence-electron chi connectivity index (χ1n) is 9.78. The average Bonchev–Trinajstić information content (AvgIpc) is 3.13. The molecule has 0 fully saturated rings. The molecule has 3 rings (SSSR count). The van der Waals surface area contributed by atoms with Gasteiger partial charge in [0, 0.05) is 11.4 Å². The summed E-state index contributed by atoms with van der Waals surface area (Å²) in [7, 11) is 0. The van der Waals surface area contributed by atoms with Crippen LogP contribution in [0.3, 0.4) is 0 Å². The number of aryl methyl sites for hydroxylation is 2. The van der Waals surface area contributed by atoms with Crippen LogP contribution in [0.1, 0.15) is 44.2 Å². The number of esters is 1. The summed E-state index contributed by atoms with van der Waals surface area (Å²) in [6, 6.07) is 3.50. The van der Waals surface area contributed by atoms with E-state index < -0.39 is 12.1 Å². The summed E-state index contributed by atoms with van der Waals surface area (Å²) in [5.74, 6) is 0.108. The van der Waals surface area contributed by atoms with Crippen LogP contribution in [0.25, 0.3) is 22.2 Å². The van der Waals surface area contributed by atoms with Gasteiger partial charge in [-0.3, -0.25) is 4.79 Å². The molecule has 6 nitrogen and oxygen atoms in total. The van der Waals surface area contributed by atoms with Gasteiger partial charge >= 0.3 is 5.97 Å². The number of hydrogen-bond acceptors (Lipinski definition) is 7. The van der Waals surface area contributed by atoms with Gasteiger partial charge in [-0.25, -0.2) is 9.78 Å². The molecule has 0 bridgehead atoms. The fourth-order valence-electron chi connectivity index (χ4n) is 3.04. The number of aromatic nitrogens is 1. The summed E-state index contributed by atoms with van der Waals surface area (Å²) in [6.45, 7) is 7.69. The summed E-state index contributed by atoms with van der Waals surface area (Å²) < 4.78 is 16.6. The largest absolute Gasteiger partial charge is 0.479 e. The molecule has 0 aliphatic carbocycles. The smallest absolute Gasteiger partial charge is 0.347 e. The van der Waals surface area contributed by atoms with Crippen molar-refractivity contribution >= 4 is 28.3 Å². The molecule has 1 aromatic carbocycles. The summed E-state index contributed by atoms with van der Waals surface area (Å²) in [5.41, 5.74) is 2.22. The van der Waals surface area contributed by atoms with E-state index in [1.165, 1.54) is 17.6 Å². The van der Waals surface area contributed by atoms with Crippen LogP contribution in [0, 0.1) is 6.92 Å². The van der Waals surface area contributed by atoms with Crippen molar-refractivity contribution in [2.75, 3.05) is 6.61 Å². The quantitative estimate of drug-likeness (QED) is 0.487. The fraction of sp³-hybridized carbons (Fsp3) is 0.409. The van der Waals surface area contributed by atoms with E-state index in [2.05, 4.69) is 11.9 Å². The highest BCUT2D eigenvalue weighted by Crippen LogP contribution is 2.29. The van der Waals surface area contributed by atoms with Crippen LogP contribution in [0.15, 0.2) is 33.0 Å². The van der Waals surface area contributed by atoms with Crippen molar-refractivity contribution < 1.29 is 18.7 Å². The van der Waals surface area contributed by atoms with Crippen molar-refractivity contribution in [3.8, 4) is 17.0 Å². The summed E-state index contributed by atoms with van der Waals surface area (Å²) in [6.07, 6.45) is 3.35. The van der Waals surface area contributed by atoms with Crippen molar-refractivity contribution in [2.45, 2.75) is 53.1 Å². The maximum atomic E-state index is 13.1. The summed E-state index contributed by atoms with van der Waals surface area (Å²) in [4.78, 5) is 29.4. The zero-order valence-corrected chi connectivity index (χ0v) is 17.9. The first-order valence-corrected chi connectivity index (χ1v) is 10.7. The van der Waals surface area contributed by atoms with Crippen molar-refractivity contribution in [3.05, 3.63) is 44.6 Å². The Balaban J connectivity index is 2.05. The Hall–Kier alpha value is -2.67. The van der Waals surface area contributed by atoms with E-state index in [-0.39, 0.29) is 5.43 Å². The van der Waals surface area contributed by atoms with E-state index in [1.54, 1.807) is 19.9 Å². The molecule has 0 radical (unpaired) electrons. The van der Waals surface area contributed by atoms with Crippen molar-refractivity contribution in [2.24, 2.45) is 0 Å². The third-order valence-corrected chi connectivity index (χ3v) is 5.35. The second kappa shape index (κ2) is 9.22. The molecule has 0 spiro atoms. The lowest BCUT2D eigenvalue weighted by Gasteiger charge is -2.17. The lowest BCUT2D eigenvalue weighted by molar-refractivity contribution is -0.150. The highest BCUT2D eigenvalue weighted by atomic mass is 32.1. The van der Waals surface area contributed by atoms with E-state index in [4.69, 9.17) is 13.9 Å². The van der Waals surface area contributed by atoms with Gasteiger partial charge < -0.3 is 13.9 Å². The minimum absolute atomic E-state index is 0.126. The Morgan fingerprint density at radius 2 is 2.10 bits per heavy atom. The lowest BCUT2D eigenvalue weighted by atomic mass is 10.0. The minimum Gasteiger partial charge on any atom is -0.479 e. The van der Waals surface area contributed by atoms with Gasteiger partial charge in [-0.15, -0.1) is 11.3 Å². The maximum absolute atomic E-state index is 13.1. The van der Waals surface area contributed by atoms with Gasteiger partial charge in [-0.1, -0.05) is 13.3 Å². The normalized spacial score (nSPS) is 12.1. The number of thiazole rings is 1. The molecule has 1 atom stereocenters. The standard InChI is InChI=1S/C22H25NO5S/c1-5-7-8-15-9-16-20(10-19(15)28-13(3)22(25)26-6-2)27-11-17(21(16)24)18-12-29-14(4)23-18/h9-13H,5-8H2,1-4H3/t13-/m0/s1. The molecule has 0 aliphatic rings. The molecular formula is C22H25NO5S. The van der Waals surface area contributed by atoms with Crippen LogP contribution >= 0.6 is 11.3 Å². The highest BCUT2D eigenvalue weighted by molar-refractivity contribution is 7.09. The molecule has 154 valence electrons. The number of ether oxygens (including phenoxy) is 2. The van der Waals surface area contributed by atoms with Crippen LogP contribution < -0.4 is 10.2 Å². The molecule has 2 heterocycles. The molecule has 29 heavy (non-hydrogen) atoms. The topological polar surface area (TPSA) is 78.6 Å². The molecule has 0 N–H and O–H groups in total. The number of hydrogen-bond donors (Lipinski definition) is 0. The third-order valence-electron chi connectivity index (χ3n) is 4.57. The summed E-state index contributed by atoms with van der Waals surface area (Å²) in [5, 5.41) is 3.22. The summed E-state index contributed by atoms with van der Waals surface area (Å²) >= 11 is 1.49. The number of rotatable bonds is 8. The Bertz CT molecular complexity index is 1070. The maximum Gasteiger partial charge on any atom is 0.347 e. The molecule has 0 saturated carbocycles. The number of carbonyl (C=O) groups excluding carboxylic acids is 1. The molecule has 2 aromatic heterocycles. The van der Waals surface area contributed by atoms with Gasteiger partial charge in [-0.2, -0.15) is 0 Å². The molecule has 3 aromatic rings. The van der Waals surface area contributed by atoms with Gasteiger partial charge in [-0.05, 0) is 45.2 Å². The SMILES string of the molecule is CCCCc1cc2c(=O)c(-c3csc(C)n3)coc2cc1O[C@@H](C)C(=O)OCC. The fourth-order valence-corrected chi connectivity index (χ4v) is 3.65. The lowest BCUT2D eigenvalue weighted by Crippen LogP contribution is -2.26. The van der Waals surface area contributed by atoms with E-state index in [0.29, 0.717) is 34.6 Å². The Morgan fingerprint density at radius 3 is 2.76 bits per heavy atom. The predicted octanol–water partition coefficient (Wildman–Crippen LogP) is 4.90. The number of unbranched alkanes of at least 4 members (excludes halogenated alkanes) is 1. The zero-order chi connectivity index (χ0) is 21.0.